The largest absolute Gasteiger partial charge is 0.454 e. The molecule has 0 unspecified atom stereocenters. The number of nitrogens with zero attached hydrogens (tertiary/aromatic N) is 2. The fourth-order valence-corrected chi connectivity index (χ4v) is 4.07. The smallest absolute Gasteiger partial charge is 0.231 e. The topological polar surface area (TPSA) is 40.7 Å². The Balaban J connectivity index is 1.17. The van der Waals surface area contributed by atoms with E-state index in [9.17, 15) is 0 Å². The van der Waals surface area contributed by atoms with Gasteiger partial charge in [0.15, 0.2) is 11.5 Å². The van der Waals surface area contributed by atoms with E-state index in [4.69, 9.17) is 9.47 Å². The molecule has 0 bridgehead atoms. The molecule has 1 fully saturated rings. The maximum absolute atomic E-state index is 5.53. The van der Waals surface area contributed by atoms with Crippen molar-refractivity contribution in [3.63, 3.8) is 0 Å². The minimum absolute atomic E-state index is 0.324. The third-order valence-corrected chi connectivity index (χ3v) is 5.67. The van der Waals surface area contributed by atoms with Crippen molar-refractivity contribution in [2.75, 3.05) is 39.5 Å². The Morgan fingerprint density at radius 3 is 2.44 bits per heavy atom. The molecule has 5 rings (SSSR count). The van der Waals surface area contributed by atoms with Crippen LogP contribution in [0.25, 0.3) is 10.9 Å². The van der Waals surface area contributed by atoms with E-state index in [2.05, 4.69) is 57.4 Å². The van der Waals surface area contributed by atoms with Crippen molar-refractivity contribution in [1.29, 1.82) is 0 Å². The quantitative estimate of drug-likeness (QED) is 0.755. The van der Waals surface area contributed by atoms with Crippen molar-refractivity contribution in [3.05, 3.63) is 59.8 Å². The molecule has 2 aliphatic rings. The Hall–Kier alpha value is -2.50. The second kappa shape index (κ2) is 7.25. The van der Waals surface area contributed by atoms with E-state index in [0.29, 0.717) is 6.79 Å². The molecular formula is C22H25N3O2. The zero-order valence-corrected chi connectivity index (χ0v) is 15.5. The maximum Gasteiger partial charge on any atom is 0.231 e. The molecule has 5 nitrogen and oxygen atoms in total. The zero-order chi connectivity index (χ0) is 18.1. The summed E-state index contributed by atoms with van der Waals surface area (Å²) in [4.78, 5) is 8.51. The van der Waals surface area contributed by atoms with Gasteiger partial charge in [-0.15, -0.1) is 0 Å². The lowest BCUT2D eigenvalue weighted by Gasteiger charge is -2.34. The molecule has 1 saturated heterocycles. The Labute approximate surface area is 159 Å². The lowest BCUT2D eigenvalue weighted by molar-refractivity contribution is 0.128. The van der Waals surface area contributed by atoms with Crippen LogP contribution in [0.5, 0.6) is 11.5 Å². The third-order valence-electron chi connectivity index (χ3n) is 5.67. The molecule has 0 aliphatic carbocycles. The van der Waals surface area contributed by atoms with Crippen LogP contribution in [0.3, 0.4) is 0 Å². The van der Waals surface area contributed by atoms with Crippen molar-refractivity contribution in [1.82, 2.24) is 14.8 Å². The number of rotatable bonds is 5. The van der Waals surface area contributed by atoms with Crippen molar-refractivity contribution >= 4 is 10.9 Å². The van der Waals surface area contributed by atoms with Crippen molar-refractivity contribution in [2.24, 2.45) is 0 Å². The van der Waals surface area contributed by atoms with Crippen LogP contribution < -0.4 is 9.47 Å². The van der Waals surface area contributed by atoms with Crippen LogP contribution in [-0.4, -0.2) is 54.3 Å². The van der Waals surface area contributed by atoms with Crippen LogP contribution in [0.15, 0.2) is 48.7 Å². The number of benzene rings is 2. The molecule has 0 spiro atoms. The number of ether oxygens (including phenoxy) is 2. The predicted octanol–water partition coefficient (Wildman–Crippen LogP) is 3.26. The summed E-state index contributed by atoms with van der Waals surface area (Å²) in [6.45, 7) is 7.04. The summed E-state index contributed by atoms with van der Waals surface area (Å²) >= 11 is 0. The summed E-state index contributed by atoms with van der Waals surface area (Å²) in [6.07, 6.45) is 3.18. The van der Waals surface area contributed by atoms with E-state index in [0.717, 1.165) is 62.7 Å². The van der Waals surface area contributed by atoms with E-state index >= 15 is 0 Å². The molecule has 27 heavy (non-hydrogen) atoms. The molecule has 1 aromatic heterocycles. The van der Waals surface area contributed by atoms with Gasteiger partial charge in [-0.3, -0.25) is 4.90 Å². The first-order valence-corrected chi connectivity index (χ1v) is 9.73. The van der Waals surface area contributed by atoms with Gasteiger partial charge in [0, 0.05) is 62.4 Å². The lowest BCUT2D eigenvalue weighted by Crippen LogP contribution is -2.46. The maximum atomic E-state index is 5.53. The van der Waals surface area contributed by atoms with E-state index in [1.54, 1.807) is 0 Å². The average molecular weight is 363 g/mol. The SMILES string of the molecule is c1ccc(CN2CCN(CCc3c[nH]c4cc5c(cc34)OCO5)CC2)cc1. The van der Waals surface area contributed by atoms with Gasteiger partial charge in [0.05, 0.1) is 0 Å². The monoisotopic (exact) mass is 363 g/mol. The summed E-state index contributed by atoms with van der Waals surface area (Å²) in [5.41, 5.74) is 3.89. The first kappa shape index (κ1) is 16.7. The predicted molar refractivity (Wildman–Crippen MR) is 106 cm³/mol. The molecule has 140 valence electrons. The zero-order valence-electron chi connectivity index (χ0n) is 15.5. The summed E-state index contributed by atoms with van der Waals surface area (Å²) < 4.78 is 11.0. The van der Waals surface area contributed by atoms with Gasteiger partial charge >= 0.3 is 0 Å². The van der Waals surface area contributed by atoms with E-state index < -0.39 is 0 Å². The van der Waals surface area contributed by atoms with Crippen LogP contribution >= 0.6 is 0 Å². The highest BCUT2D eigenvalue weighted by Crippen LogP contribution is 2.37. The van der Waals surface area contributed by atoms with E-state index in [-0.39, 0.29) is 0 Å². The third kappa shape index (κ3) is 3.53. The standard InChI is InChI=1S/C22H25N3O2/c1-2-4-17(5-3-1)15-25-10-8-24(9-11-25)7-6-18-14-23-20-13-22-21(12-19(18)20)26-16-27-22/h1-5,12-14,23H,6-11,15-16H2. The number of piperazine rings is 1. The van der Waals surface area contributed by atoms with Gasteiger partial charge in [-0.2, -0.15) is 0 Å². The molecule has 5 heteroatoms. The summed E-state index contributed by atoms with van der Waals surface area (Å²) in [5, 5.41) is 1.25. The van der Waals surface area contributed by atoms with Crippen LogP contribution in [0.2, 0.25) is 0 Å². The fourth-order valence-electron chi connectivity index (χ4n) is 4.07. The highest BCUT2D eigenvalue weighted by atomic mass is 16.7. The Kier molecular flexibility index (Phi) is 4.47. The summed E-state index contributed by atoms with van der Waals surface area (Å²) in [6, 6.07) is 14.9. The number of aromatic amines is 1. The molecular weight excluding hydrogens is 338 g/mol. The normalized spacial score (nSPS) is 17.6. The molecule has 3 aromatic rings. The van der Waals surface area contributed by atoms with Gasteiger partial charge in [0.2, 0.25) is 6.79 Å². The average Bonchev–Trinajstić information content (AvgIpc) is 3.32. The number of aromatic nitrogens is 1. The number of nitrogens with one attached hydrogen (secondary N) is 1. The number of fused-ring (bicyclic) bond motifs is 2. The van der Waals surface area contributed by atoms with Crippen molar-refractivity contribution in [3.8, 4) is 11.5 Å². The molecule has 0 atom stereocenters. The molecule has 3 heterocycles. The first-order valence-electron chi connectivity index (χ1n) is 9.73. The second-order valence-electron chi connectivity index (χ2n) is 7.42. The van der Waals surface area contributed by atoms with E-state index in [1.807, 2.05) is 6.07 Å². The molecule has 0 saturated carbocycles. The van der Waals surface area contributed by atoms with Gasteiger partial charge < -0.3 is 19.4 Å². The molecule has 0 amide bonds. The van der Waals surface area contributed by atoms with Crippen molar-refractivity contribution in [2.45, 2.75) is 13.0 Å². The Morgan fingerprint density at radius 1 is 0.889 bits per heavy atom. The van der Waals surface area contributed by atoms with Gasteiger partial charge in [0.1, 0.15) is 0 Å². The van der Waals surface area contributed by atoms with Gasteiger partial charge in [0.25, 0.3) is 0 Å². The summed E-state index contributed by atoms with van der Waals surface area (Å²) in [5.74, 6) is 1.70. The highest BCUT2D eigenvalue weighted by Gasteiger charge is 2.19. The van der Waals surface area contributed by atoms with Crippen LogP contribution in [-0.2, 0) is 13.0 Å². The minimum atomic E-state index is 0.324. The summed E-state index contributed by atoms with van der Waals surface area (Å²) in [7, 11) is 0. The number of hydrogen-bond acceptors (Lipinski definition) is 4. The van der Waals surface area contributed by atoms with Gasteiger partial charge in [-0.25, -0.2) is 0 Å². The molecule has 0 radical (unpaired) electrons. The lowest BCUT2D eigenvalue weighted by atomic mass is 10.1. The molecule has 2 aromatic carbocycles. The van der Waals surface area contributed by atoms with Gasteiger partial charge in [-0.1, -0.05) is 30.3 Å². The van der Waals surface area contributed by atoms with Crippen LogP contribution in [0.1, 0.15) is 11.1 Å². The molecule has 2 aliphatic heterocycles. The van der Waals surface area contributed by atoms with Crippen LogP contribution in [0.4, 0.5) is 0 Å². The Morgan fingerprint density at radius 2 is 1.63 bits per heavy atom. The number of hydrogen-bond donors (Lipinski definition) is 1. The first-order chi connectivity index (χ1) is 13.3. The second-order valence-corrected chi connectivity index (χ2v) is 7.42. The molecule has 1 N–H and O–H groups in total. The van der Waals surface area contributed by atoms with Crippen LogP contribution in [0, 0.1) is 0 Å². The van der Waals surface area contributed by atoms with Crippen molar-refractivity contribution < 1.29 is 9.47 Å². The fraction of sp³-hybridized carbons (Fsp3) is 0.364. The highest BCUT2D eigenvalue weighted by molar-refractivity contribution is 5.87. The van der Waals surface area contributed by atoms with E-state index in [1.165, 1.54) is 16.5 Å². The Bertz CT molecular complexity index is 914. The van der Waals surface area contributed by atoms with Gasteiger partial charge in [-0.05, 0) is 23.6 Å². The number of H-pyrrole nitrogens is 1. The minimum Gasteiger partial charge on any atom is -0.454 e.